The largest absolute Gasteiger partial charge is 1.00 e. The summed E-state index contributed by atoms with van der Waals surface area (Å²) < 4.78 is 1.66. The molecule has 0 aromatic carbocycles. The predicted octanol–water partition coefficient (Wildman–Crippen LogP) is -2.36. The Balaban J connectivity index is 0.000000605. The van der Waals surface area contributed by atoms with E-state index in [2.05, 4.69) is 10.1 Å². The first kappa shape index (κ1) is 8.93. The molecule has 11 heavy (non-hydrogen) atoms. The van der Waals surface area contributed by atoms with Gasteiger partial charge in [0.05, 0.1) is 0 Å². The van der Waals surface area contributed by atoms with Crippen LogP contribution in [0.4, 0.5) is 0 Å². The molecule has 2 aromatic heterocycles. The van der Waals surface area contributed by atoms with Gasteiger partial charge >= 0.3 is 29.6 Å². The van der Waals surface area contributed by atoms with Crippen LogP contribution in [0.3, 0.4) is 0 Å². The van der Waals surface area contributed by atoms with Crippen LogP contribution < -0.4 is 29.6 Å². The second kappa shape index (κ2) is 3.49. The van der Waals surface area contributed by atoms with Gasteiger partial charge in [-0.2, -0.15) is 5.10 Å². The first-order chi connectivity index (χ1) is 4.86. The van der Waals surface area contributed by atoms with Gasteiger partial charge in [0.25, 0.3) is 0 Å². The fourth-order valence-corrected chi connectivity index (χ4v) is 0.954. The second-order valence-electron chi connectivity index (χ2n) is 1.90. The van der Waals surface area contributed by atoms with Gasteiger partial charge in [0, 0.05) is 12.4 Å². The first-order valence-corrected chi connectivity index (χ1v) is 3.24. The fraction of sp³-hybridized carbons (Fsp3) is 0. The third-order valence-corrected chi connectivity index (χ3v) is 1.45. The van der Waals surface area contributed by atoms with E-state index < -0.39 is 0 Å². The van der Waals surface area contributed by atoms with Gasteiger partial charge in [-0.15, -0.1) is 0 Å². The van der Waals surface area contributed by atoms with E-state index in [0.717, 1.165) is 5.65 Å². The van der Waals surface area contributed by atoms with Gasteiger partial charge in [0.15, 0.2) is 5.65 Å². The van der Waals surface area contributed by atoms with Crippen molar-refractivity contribution in [1.29, 1.82) is 0 Å². The van der Waals surface area contributed by atoms with E-state index in [-0.39, 0.29) is 29.6 Å². The third kappa shape index (κ3) is 1.70. The van der Waals surface area contributed by atoms with Gasteiger partial charge in [-0.3, -0.25) is 0 Å². The number of fused-ring (bicyclic) bond motifs is 1. The summed E-state index contributed by atoms with van der Waals surface area (Å²) in [5.74, 6) is 0. The van der Waals surface area contributed by atoms with Crippen LogP contribution in [0.5, 0.6) is 0 Å². The molecule has 5 heteroatoms. The van der Waals surface area contributed by atoms with Crippen molar-refractivity contribution in [3.8, 4) is 0 Å². The molecular weight excluding hydrogens is 169 g/mol. The monoisotopic (exact) mass is 173 g/mol. The van der Waals surface area contributed by atoms with Gasteiger partial charge < -0.3 is 12.6 Å². The van der Waals surface area contributed by atoms with Crippen molar-refractivity contribution in [1.82, 2.24) is 14.6 Å². The van der Waals surface area contributed by atoms with Crippen LogP contribution in [-0.2, 0) is 12.6 Å². The molecule has 0 spiro atoms. The number of nitrogens with zero attached hydrogens (tertiary/aromatic N) is 3. The number of aromatic nitrogens is 3. The first-order valence-electron chi connectivity index (χ1n) is 2.84. The molecule has 0 aliphatic carbocycles. The number of imidazole rings is 1. The Bertz CT molecular complexity index is 359. The molecule has 0 fully saturated rings. The molecule has 3 nitrogen and oxygen atoms in total. The molecular formula is C6H4N3NaS. The molecule has 2 aromatic rings. The van der Waals surface area contributed by atoms with Gasteiger partial charge in [-0.25, -0.2) is 9.50 Å². The normalized spacial score (nSPS) is 9.45. The van der Waals surface area contributed by atoms with Crippen molar-refractivity contribution in [3.63, 3.8) is 0 Å². The third-order valence-electron chi connectivity index (χ3n) is 1.23. The summed E-state index contributed by atoms with van der Waals surface area (Å²) in [7, 11) is 0. The van der Waals surface area contributed by atoms with Gasteiger partial charge in [0.2, 0.25) is 0 Å². The molecule has 0 aliphatic rings. The van der Waals surface area contributed by atoms with Gasteiger partial charge in [-0.05, 0) is 6.07 Å². The Morgan fingerprint density at radius 3 is 3.00 bits per heavy atom. The zero-order chi connectivity index (χ0) is 6.97. The van der Waals surface area contributed by atoms with Crippen LogP contribution >= 0.6 is 0 Å². The summed E-state index contributed by atoms with van der Waals surface area (Å²) in [5.41, 5.74) is 0.827. The standard InChI is InChI=1S/C6H5N3S.Na/c10-6-2-1-5-7-3-4-9(5)8-6;/h1-4H,(H,8,10);/q;+1/p-1. The molecule has 0 unspecified atom stereocenters. The maximum atomic E-state index is 4.85. The molecule has 0 amide bonds. The number of rotatable bonds is 0. The van der Waals surface area contributed by atoms with E-state index in [0.29, 0.717) is 5.03 Å². The summed E-state index contributed by atoms with van der Waals surface area (Å²) in [6, 6.07) is 3.60. The fourth-order valence-electron chi connectivity index (χ4n) is 0.798. The predicted molar refractivity (Wildman–Crippen MR) is 38.6 cm³/mol. The van der Waals surface area contributed by atoms with Gasteiger partial charge in [0.1, 0.15) is 0 Å². The molecule has 0 saturated heterocycles. The Morgan fingerprint density at radius 2 is 2.18 bits per heavy atom. The van der Waals surface area contributed by atoms with E-state index in [1.54, 1.807) is 23.0 Å². The topological polar surface area (TPSA) is 30.2 Å². The molecule has 0 saturated carbocycles. The van der Waals surface area contributed by atoms with E-state index >= 15 is 0 Å². The van der Waals surface area contributed by atoms with Crippen molar-refractivity contribution in [3.05, 3.63) is 24.5 Å². The van der Waals surface area contributed by atoms with Crippen LogP contribution in [0.1, 0.15) is 0 Å². The van der Waals surface area contributed by atoms with Gasteiger partial charge in [-0.1, -0.05) is 11.1 Å². The Hall–Kier alpha value is -0.160. The van der Waals surface area contributed by atoms with E-state index in [4.69, 9.17) is 12.6 Å². The average Bonchev–Trinajstić information content (AvgIpc) is 2.33. The number of hydrogen-bond acceptors (Lipinski definition) is 3. The van der Waals surface area contributed by atoms with E-state index in [1.807, 2.05) is 6.07 Å². The number of hydrogen-bond donors (Lipinski definition) is 0. The van der Waals surface area contributed by atoms with E-state index in [1.165, 1.54) is 0 Å². The molecule has 0 atom stereocenters. The minimum atomic E-state index is 0. The SMILES string of the molecule is [Na+].[S-]c1ccc2nccn2n1. The Kier molecular flexibility index (Phi) is 2.84. The van der Waals surface area contributed by atoms with Crippen LogP contribution in [0.25, 0.3) is 5.65 Å². The smallest absolute Gasteiger partial charge is 0.758 e. The molecule has 0 radical (unpaired) electrons. The Morgan fingerprint density at radius 1 is 1.36 bits per heavy atom. The quantitative estimate of drug-likeness (QED) is 0.330. The molecule has 2 heterocycles. The summed E-state index contributed by atoms with van der Waals surface area (Å²) in [5, 5.41) is 4.59. The van der Waals surface area contributed by atoms with Crippen LogP contribution in [0, 0.1) is 0 Å². The minimum Gasteiger partial charge on any atom is -0.758 e. The Labute approximate surface area is 91.5 Å². The minimum absolute atomic E-state index is 0. The molecule has 2 rings (SSSR count). The van der Waals surface area contributed by atoms with Crippen molar-refractivity contribution < 1.29 is 29.6 Å². The summed E-state index contributed by atoms with van der Waals surface area (Å²) in [6.07, 6.45) is 3.46. The molecule has 0 N–H and O–H groups in total. The summed E-state index contributed by atoms with van der Waals surface area (Å²) in [6.45, 7) is 0. The zero-order valence-electron chi connectivity index (χ0n) is 6.06. The second-order valence-corrected chi connectivity index (χ2v) is 2.32. The molecule has 0 bridgehead atoms. The average molecular weight is 173 g/mol. The van der Waals surface area contributed by atoms with Crippen molar-refractivity contribution in [2.24, 2.45) is 0 Å². The van der Waals surface area contributed by atoms with Crippen LogP contribution in [0.2, 0.25) is 0 Å². The maximum Gasteiger partial charge on any atom is 1.00 e. The summed E-state index contributed by atoms with van der Waals surface area (Å²) in [4.78, 5) is 4.01. The van der Waals surface area contributed by atoms with Crippen molar-refractivity contribution in [2.75, 3.05) is 0 Å². The molecule has 0 aliphatic heterocycles. The zero-order valence-corrected chi connectivity index (χ0v) is 8.88. The maximum absolute atomic E-state index is 4.85. The van der Waals surface area contributed by atoms with Crippen molar-refractivity contribution >= 4 is 18.3 Å². The van der Waals surface area contributed by atoms with Crippen LogP contribution in [-0.4, -0.2) is 14.6 Å². The summed E-state index contributed by atoms with van der Waals surface area (Å²) >= 11 is 4.85. The van der Waals surface area contributed by atoms with E-state index in [9.17, 15) is 0 Å². The van der Waals surface area contributed by atoms with Crippen LogP contribution in [0.15, 0.2) is 29.6 Å². The molecule has 50 valence electrons. The van der Waals surface area contributed by atoms with Crippen molar-refractivity contribution in [2.45, 2.75) is 5.03 Å².